The SMILES string of the molecule is Cn1cc(C#N)cc1-c1nc(-c2ccc(O)c(F)c2)no1. The first kappa shape index (κ1) is 12.9. The highest BCUT2D eigenvalue weighted by molar-refractivity contribution is 5.60. The van der Waals surface area contributed by atoms with Gasteiger partial charge in [-0.25, -0.2) is 4.39 Å². The molecule has 2 aromatic heterocycles. The summed E-state index contributed by atoms with van der Waals surface area (Å²) in [5.74, 6) is -0.779. The molecular weight excluding hydrogens is 275 g/mol. The van der Waals surface area contributed by atoms with Crippen LogP contribution in [0, 0.1) is 17.1 Å². The fraction of sp³-hybridized carbons (Fsp3) is 0.0714. The molecule has 0 aliphatic carbocycles. The van der Waals surface area contributed by atoms with E-state index >= 15 is 0 Å². The molecule has 6 nitrogen and oxygen atoms in total. The molecule has 7 heteroatoms. The summed E-state index contributed by atoms with van der Waals surface area (Å²) in [5.41, 5.74) is 1.45. The molecule has 21 heavy (non-hydrogen) atoms. The summed E-state index contributed by atoms with van der Waals surface area (Å²) in [6.45, 7) is 0. The lowest BCUT2D eigenvalue weighted by Gasteiger charge is -1.97. The Morgan fingerprint density at radius 3 is 2.86 bits per heavy atom. The van der Waals surface area contributed by atoms with Crippen LogP contribution in [0.2, 0.25) is 0 Å². The topological polar surface area (TPSA) is 87.9 Å². The Kier molecular flexibility index (Phi) is 2.92. The van der Waals surface area contributed by atoms with Crippen LogP contribution in [-0.4, -0.2) is 19.8 Å². The molecule has 0 bridgehead atoms. The molecule has 0 saturated heterocycles. The van der Waals surface area contributed by atoms with Crippen LogP contribution in [-0.2, 0) is 7.05 Å². The molecule has 3 rings (SSSR count). The van der Waals surface area contributed by atoms with Crippen molar-refractivity contribution in [3.05, 3.63) is 41.8 Å². The molecule has 0 saturated carbocycles. The van der Waals surface area contributed by atoms with Crippen molar-refractivity contribution in [3.8, 4) is 34.8 Å². The van der Waals surface area contributed by atoms with Crippen molar-refractivity contribution >= 4 is 0 Å². The van der Waals surface area contributed by atoms with Crippen molar-refractivity contribution in [2.75, 3.05) is 0 Å². The van der Waals surface area contributed by atoms with Gasteiger partial charge in [-0.15, -0.1) is 0 Å². The highest BCUT2D eigenvalue weighted by Gasteiger charge is 2.15. The van der Waals surface area contributed by atoms with Gasteiger partial charge in [-0.3, -0.25) is 0 Å². The van der Waals surface area contributed by atoms with Gasteiger partial charge in [0.05, 0.1) is 5.56 Å². The smallest absolute Gasteiger partial charge is 0.274 e. The van der Waals surface area contributed by atoms with E-state index in [9.17, 15) is 4.39 Å². The predicted molar refractivity (Wildman–Crippen MR) is 70.5 cm³/mol. The molecule has 0 amide bonds. The van der Waals surface area contributed by atoms with Gasteiger partial charge in [0, 0.05) is 18.8 Å². The van der Waals surface area contributed by atoms with E-state index in [-0.39, 0.29) is 11.7 Å². The van der Waals surface area contributed by atoms with Crippen LogP contribution in [0.25, 0.3) is 23.0 Å². The Bertz CT molecular complexity index is 860. The van der Waals surface area contributed by atoms with Gasteiger partial charge in [-0.05, 0) is 24.3 Å². The number of nitrogens with zero attached hydrogens (tertiary/aromatic N) is 4. The minimum absolute atomic E-state index is 0.198. The highest BCUT2D eigenvalue weighted by Crippen LogP contribution is 2.26. The fourth-order valence-corrected chi connectivity index (χ4v) is 1.93. The van der Waals surface area contributed by atoms with Crippen LogP contribution in [0.3, 0.4) is 0 Å². The lowest BCUT2D eigenvalue weighted by Crippen LogP contribution is -1.89. The molecule has 3 aromatic rings. The van der Waals surface area contributed by atoms with Crippen molar-refractivity contribution in [2.45, 2.75) is 0 Å². The zero-order valence-electron chi connectivity index (χ0n) is 10.9. The Hall–Kier alpha value is -3.14. The van der Waals surface area contributed by atoms with Crippen LogP contribution in [0.1, 0.15) is 5.56 Å². The van der Waals surface area contributed by atoms with Gasteiger partial charge >= 0.3 is 0 Å². The van der Waals surface area contributed by atoms with Gasteiger partial charge in [0.25, 0.3) is 5.89 Å². The summed E-state index contributed by atoms with van der Waals surface area (Å²) in [6, 6.07) is 7.47. The van der Waals surface area contributed by atoms with Crippen molar-refractivity contribution in [3.63, 3.8) is 0 Å². The lowest BCUT2D eigenvalue weighted by molar-refractivity contribution is 0.428. The largest absolute Gasteiger partial charge is 0.505 e. The zero-order chi connectivity index (χ0) is 15.0. The first-order valence-electron chi connectivity index (χ1n) is 5.98. The normalized spacial score (nSPS) is 10.5. The van der Waals surface area contributed by atoms with Crippen LogP contribution < -0.4 is 0 Å². The van der Waals surface area contributed by atoms with Crippen LogP contribution in [0.5, 0.6) is 5.75 Å². The molecule has 0 spiro atoms. The predicted octanol–water partition coefficient (Wildman–Crippen LogP) is 2.46. The molecule has 0 fully saturated rings. The average Bonchev–Trinajstić information content (AvgIpc) is 3.08. The number of hydrogen-bond donors (Lipinski definition) is 1. The molecule has 2 heterocycles. The Morgan fingerprint density at radius 1 is 1.38 bits per heavy atom. The first-order chi connectivity index (χ1) is 10.1. The molecule has 0 aliphatic heterocycles. The van der Waals surface area contributed by atoms with Crippen LogP contribution in [0.15, 0.2) is 35.0 Å². The van der Waals surface area contributed by atoms with E-state index < -0.39 is 11.6 Å². The van der Waals surface area contributed by atoms with E-state index in [1.54, 1.807) is 23.9 Å². The molecule has 0 aliphatic rings. The average molecular weight is 284 g/mol. The summed E-state index contributed by atoms with van der Waals surface area (Å²) in [6.07, 6.45) is 1.64. The van der Waals surface area contributed by atoms with E-state index in [4.69, 9.17) is 14.9 Å². The maximum atomic E-state index is 13.3. The first-order valence-corrected chi connectivity index (χ1v) is 5.98. The van der Waals surface area contributed by atoms with Gasteiger partial charge < -0.3 is 14.2 Å². The molecule has 0 atom stereocenters. The summed E-state index contributed by atoms with van der Waals surface area (Å²) >= 11 is 0. The Morgan fingerprint density at radius 2 is 2.19 bits per heavy atom. The van der Waals surface area contributed by atoms with Crippen LogP contribution in [0.4, 0.5) is 4.39 Å². The van der Waals surface area contributed by atoms with E-state index in [0.29, 0.717) is 16.8 Å². The number of halogens is 1. The van der Waals surface area contributed by atoms with Gasteiger partial charge in [0.2, 0.25) is 5.82 Å². The fourth-order valence-electron chi connectivity index (χ4n) is 1.93. The minimum Gasteiger partial charge on any atom is -0.505 e. The van der Waals surface area contributed by atoms with Gasteiger partial charge in [0.1, 0.15) is 11.8 Å². The highest BCUT2D eigenvalue weighted by atomic mass is 19.1. The van der Waals surface area contributed by atoms with Gasteiger partial charge in [-0.2, -0.15) is 10.2 Å². The number of aryl methyl sites for hydroxylation is 1. The molecule has 104 valence electrons. The van der Waals surface area contributed by atoms with Crippen molar-refractivity contribution in [1.29, 1.82) is 5.26 Å². The second-order valence-electron chi connectivity index (χ2n) is 4.43. The number of rotatable bonds is 2. The summed E-state index contributed by atoms with van der Waals surface area (Å²) in [5, 5.41) is 21.8. The molecule has 1 aromatic carbocycles. The summed E-state index contributed by atoms with van der Waals surface area (Å²) < 4.78 is 20.2. The zero-order valence-corrected chi connectivity index (χ0v) is 10.9. The minimum atomic E-state index is -0.760. The van der Waals surface area contributed by atoms with Gasteiger partial charge in [0.15, 0.2) is 11.6 Å². The second-order valence-corrected chi connectivity index (χ2v) is 4.43. The standard InChI is InChI=1S/C14H9FN4O2/c1-19-7-8(6-16)4-11(19)14-17-13(18-21-14)9-2-3-12(20)10(15)5-9/h2-5,7,20H,1H3. The van der Waals surface area contributed by atoms with E-state index in [2.05, 4.69) is 10.1 Å². The maximum Gasteiger partial charge on any atom is 0.274 e. The number of aromatic hydroxyl groups is 1. The molecule has 1 N–H and O–H groups in total. The van der Waals surface area contributed by atoms with E-state index in [1.807, 2.05) is 6.07 Å². The van der Waals surface area contributed by atoms with E-state index in [0.717, 1.165) is 6.07 Å². The monoisotopic (exact) mass is 284 g/mol. The van der Waals surface area contributed by atoms with Crippen molar-refractivity contribution in [2.24, 2.45) is 7.05 Å². The Labute approximate surface area is 118 Å². The number of phenols is 1. The number of hydrogen-bond acceptors (Lipinski definition) is 5. The number of phenolic OH excluding ortho intramolecular Hbond substituents is 1. The molecule has 0 radical (unpaired) electrons. The number of benzene rings is 1. The Balaban J connectivity index is 2.01. The van der Waals surface area contributed by atoms with Crippen molar-refractivity contribution in [1.82, 2.24) is 14.7 Å². The third kappa shape index (κ3) is 2.23. The maximum absolute atomic E-state index is 13.3. The van der Waals surface area contributed by atoms with E-state index in [1.165, 1.54) is 12.1 Å². The molecule has 0 unspecified atom stereocenters. The second kappa shape index (κ2) is 4.76. The number of nitriles is 1. The lowest BCUT2D eigenvalue weighted by atomic mass is 10.2. The molecular formula is C14H9FN4O2. The van der Waals surface area contributed by atoms with Gasteiger partial charge in [-0.1, -0.05) is 5.16 Å². The van der Waals surface area contributed by atoms with Crippen LogP contribution >= 0.6 is 0 Å². The van der Waals surface area contributed by atoms with Crippen molar-refractivity contribution < 1.29 is 14.0 Å². The number of aromatic nitrogens is 3. The third-order valence-corrected chi connectivity index (χ3v) is 2.99. The summed E-state index contributed by atoms with van der Waals surface area (Å²) in [7, 11) is 1.75. The third-order valence-electron chi connectivity index (χ3n) is 2.99. The summed E-state index contributed by atoms with van der Waals surface area (Å²) in [4.78, 5) is 4.17. The quantitative estimate of drug-likeness (QED) is 0.781.